The smallest absolute Gasteiger partial charge is 0.278 e. The van der Waals surface area contributed by atoms with Crippen LogP contribution in [0.3, 0.4) is 0 Å². The summed E-state index contributed by atoms with van der Waals surface area (Å²) in [4.78, 5) is 8.12. The van der Waals surface area contributed by atoms with Gasteiger partial charge in [-0.15, -0.1) is 0 Å². The van der Waals surface area contributed by atoms with Crippen LogP contribution in [0.1, 0.15) is 12.8 Å². The first-order valence-corrected chi connectivity index (χ1v) is 8.46. The molecule has 1 aliphatic heterocycles. The molecule has 0 spiro atoms. The van der Waals surface area contributed by atoms with E-state index in [1.54, 1.807) is 0 Å². The fourth-order valence-corrected chi connectivity index (χ4v) is 3.75. The van der Waals surface area contributed by atoms with Crippen molar-refractivity contribution < 1.29 is 22.4 Å². The summed E-state index contributed by atoms with van der Waals surface area (Å²) in [5.41, 5.74) is 0. The third-order valence-electron chi connectivity index (χ3n) is 3.49. The molecule has 1 fully saturated rings. The molecule has 124 valence electrons. The van der Waals surface area contributed by atoms with Gasteiger partial charge < -0.3 is 14.0 Å². The number of rotatable bonds is 5. The number of nitrogens with zero attached hydrogens (tertiary/aromatic N) is 4. The zero-order valence-corrected chi connectivity index (χ0v) is 13.3. The Bertz CT molecular complexity index is 749. The van der Waals surface area contributed by atoms with E-state index in [2.05, 4.69) is 19.6 Å². The number of piperidine rings is 1. The van der Waals surface area contributed by atoms with Crippen molar-refractivity contribution >= 4 is 10.0 Å². The van der Waals surface area contributed by atoms with Crippen LogP contribution < -0.4 is 9.47 Å². The van der Waals surface area contributed by atoms with Gasteiger partial charge in [0.25, 0.3) is 11.8 Å². The highest BCUT2D eigenvalue weighted by molar-refractivity contribution is 7.89. The molecule has 3 heterocycles. The summed E-state index contributed by atoms with van der Waals surface area (Å²) in [6.07, 6.45) is 6.36. The summed E-state index contributed by atoms with van der Waals surface area (Å²) < 4.78 is 41.8. The molecular weight excluding hydrogens is 324 g/mol. The van der Waals surface area contributed by atoms with Crippen LogP contribution in [0.25, 0.3) is 0 Å². The van der Waals surface area contributed by atoms with Gasteiger partial charge in [0.1, 0.15) is 17.3 Å². The highest BCUT2D eigenvalue weighted by Crippen LogP contribution is 2.26. The molecule has 0 amide bonds. The van der Waals surface area contributed by atoms with Gasteiger partial charge in [0.15, 0.2) is 0 Å². The molecule has 3 rings (SSSR count). The number of ether oxygens (including phenoxy) is 2. The highest BCUT2D eigenvalue weighted by Gasteiger charge is 2.32. The van der Waals surface area contributed by atoms with Crippen molar-refractivity contribution in [3.8, 4) is 11.8 Å². The lowest BCUT2D eigenvalue weighted by Crippen LogP contribution is -2.44. The Labute approximate surface area is 133 Å². The molecule has 10 heteroatoms. The van der Waals surface area contributed by atoms with E-state index in [0.717, 1.165) is 12.7 Å². The van der Waals surface area contributed by atoms with Crippen LogP contribution in [0.15, 0.2) is 34.3 Å². The second kappa shape index (κ2) is 6.50. The first kappa shape index (κ1) is 15.7. The van der Waals surface area contributed by atoms with E-state index in [9.17, 15) is 8.42 Å². The summed E-state index contributed by atoms with van der Waals surface area (Å²) in [6.45, 7) is 0.637. The summed E-state index contributed by atoms with van der Waals surface area (Å²) in [5.74, 6) is 0.524. The molecule has 0 saturated carbocycles. The zero-order valence-electron chi connectivity index (χ0n) is 12.5. The van der Waals surface area contributed by atoms with Crippen LogP contribution in [0.5, 0.6) is 11.8 Å². The van der Waals surface area contributed by atoms with Crippen LogP contribution in [0, 0.1) is 0 Å². The summed E-state index contributed by atoms with van der Waals surface area (Å²) in [6, 6.07) is 0. The van der Waals surface area contributed by atoms with E-state index >= 15 is 0 Å². The fourth-order valence-electron chi connectivity index (χ4n) is 2.38. The average Bonchev–Trinajstić information content (AvgIpc) is 3.11. The van der Waals surface area contributed by atoms with E-state index < -0.39 is 10.0 Å². The van der Waals surface area contributed by atoms with Gasteiger partial charge in [-0.05, 0) is 12.8 Å². The van der Waals surface area contributed by atoms with Crippen molar-refractivity contribution in [2.24, 2.45) is 0 Å². The van der Waals surface area contributed by atoms with Gasteiger partial charge in [-0.3, -0.25) is 0 Å². The number of methoxy groups -OCH3 is 1. The minimum absolute atomic E-state index is 0.0373. The van der Waals surface area contributed by atoms with Crippen molar-refractivity contribution in [3.05, 3.63) is 24.9 Å². The van der Waals surface area contributed by atoms with E-state index in [0.29, 0.717) is 13.0 Å². The van der Waals surface area contributed by atoms with Crippen LogP contribution in [-0.2, 0) is 10.0 Å². The quantitative estimate of drug-likeness (QED) is 0.783. The monoisotopic (exact) mass is 340 g/mol. The molecule has 2 aromatic heterocycles. The van der Waals surface area contributed by atoms with E-state index in [-0.39, 0.29) is 29.3 Å². The van der Waals surface area contributed by atoms with Gasteiger partial charge >= 0.3 is 0 Å². The SMILES string of the molecule is COc1nccnc1OC1CCCN(S(=O)(=O)c2cnoc2)C1. The molecule has 1 atom stereocenters. The molecule has 0 aliphatic carbocycles. The van der Waals surface area contributed by atoms with Crippen LogP contribution in [0.2, 0.25) is 0 Å². The second-order valence-electron chi connectivity index (χ2n) is 4.98. The molecule has 0 radical (unpaired) electrons. The van der Waals surface area contributed by atoms with E-state index in [1.165, 1.54) is 30.0 Å². The standard InChI is InChI=1S/C13H16N4O5S/c1-20-12-13(15-5-4-14-12)22-10-3-2-6-17(8-10)23(18,19)11-7-16-21-9-11/h4-5,7,9-10H,2-3,6,8H2,1H3. The maximum Gasteiger partial charge on any atom is 0.278 e. The number of sulfonamides is 1. The number of hydrogen-bond donors (Lipinski definition) is 0. The molecule has 23 heavy (non-hydrogen) atoms. The highest BCUT2D eigenvalue weighted by atomic mass is 32.2. The minimum Gasteiger partial charge on any atom is -0.477 e. The first-order valence-electron chi connectivity index (χ1n) is 7.02. The number of aromatic nitrogens is 3. The lowest BCUT2D eigenvalue weighted by Gasteiger charge is -2.31. The molecule has 1 aliphatic rings. The van der Waals surface area contributed by atoms with Crippen LogP contribution in [-0.4, -0.2) is 54.2 Å². The van der Waals surface area contributed by atoms with Crippen molar-refractivity contribution in [1.29, 1.82) is 0 Å². The molecule has 1 saturated heterocycles. The normalized spacial score (nSPS) is 19.4. The zero-order chi connectivity index (χ0) is 16.3. The molecular formula is C13H16N4O5S. The van der Waals surface area contributed by atoms with Gasteiger partial charge in [-0.25, -0.2) is 18.4 Å². The third kappa shape index (κ3) is 3.27. The van der Waals surface area contributed by atoms with Crippen LogP contribution >= 0.6 is 0 Å². The van der Waals surface area contributed by atoms with Crippen molar-refractivity contribution in [1.82, 2.24) is 19.4 Å². The van der Waals surface area contributed by atoms with Gasteiger partial charge in [0.2, 0.25) is 10.0 Å². The molecule has 2 aromatic rings. The predicted octanol–water partition coefficient (Wildman–Crippen LogP) is 0.705. The Balaban J connectivity index is 1.74. The molecule has 1 unspecified atom stereocenters. The maximum atomic E-state index is 12.5. The second-order valence-corrected chi connectivity index (χ2v) is 6.91. The molecule has 0 aromatic carbocycles. The Hall–Kier alpha value is -2.20. The van der Waals surface area contributed by atoms with E-state index in [1.807, 2.05) is 0 Å². The van der Waals surface area contributed by atoms with Crippen molar-refractivity contribution in [2.45, 2.75) is 23.8 Å². The summed E-state index contributed by atoms with van der Waals surface area (Å²) in [7, 11) is -2.16. The molecule has 0 bridgehead atoms. The van der Waals surface area contributed by atoms with Gasteiger partial charge in [0, 0.05) is 18.9 Å². The largest absolute Gasteiger partial charge is 0.477 e. The maximum absolute atomic E-state index is 12.5. The topological polar surface area (TPSA) is 108 Å². The lowest BCUT2D eigenvalue weighted by atomic mass is 10.1. The summed E-state index contributed by atoms with van der Waals surface area (Å²) in [5, 5.41) is 3.45. The lowest BCUT2D eigenvalue weighted by molar-refractivity contribution is 0.119. The van der Waals surface area contributed by atoms with Gasteiger partial charge in [0.05, 0.1) is 19.9 Å². The van der Waals surface area contributed by atoms with Gasteiger partial charge in [-0.2, -0.15) is 4.31 Å². The number of hydrogen-bond acceptors (Lipinski definition) is 8. The Morgan fingerprint density at radius 2 is 2.09 bits per heavy atom. The average molecular weight is 340 g/mol. The van der Waals surface area contributed by atoms with Crippen LogP contribution in [0.4, 0.5) is 0 Å². The minimum atomic E-state index is -3.63. The van der Waals surface area contributed by atoms with Crippen molar-refractivity contribution in [3.63, 3.8) is 0 Å². The van der Waals surface area contributed by atoms with Gasteiger partial charge in [-0.1, -0.05) is 5.16 Å². The van der Waals surface area contributed by atoms with Crippen molar-refractivity contribution in [2.75, 3.05) is 20.2 Å². The Morgan fingerprint density at radius 3 is 2.78 bits per heavy atom. The Morgan fingerprint density at radius 1 is 1.30 bits per heavy atom. The third-order valence-corrected chi connectivity index (χ3v) is 5.30. The molecule has 0 N–H and O–H groups in total. The Kier molecular flexibility index (Phi) is 4.44. The van der Waals surface area contributed by atoms with E-state index in [4.69, 9.17) is 9.47 Å². The molecule has 9 nitrogen and oxygen atoms in total. The fraction of sp³-hybridized carbons (Fsp3) is 0.462. The first-order chi connectivity index (χ1) is 11.1. The predicted molar refractivity (Wildman–Crippen MR) is 77.5 cm³/mol. The summed E-state index contributed by atoms with van der Waals surface area (Å²) >= 11 is 0.